The summed E-state index contributed by atoms with van der Waals surface area (Å²) in [4.78, 5) is 23.4. The molecule has 0 saturated carbocycles. The van der Waals surface area contributed by atoms with Gasteiger partial charge in [0.25, 0.3) is 5.91 Å². The number of nitrogens with one attached hydrogen (secondary N) is 1. The summed E-state index contributed by atoms with van der Waals surface area (Å²) in [6.45, 7) is 4.47. The van der Waals surface area contributed by atoms with Crippen molar-refractivity contribution in [1.29, 1.82) is 0 Å². The van der Waals surface area contributed by atoms with Crippen LogP contribution in [0.1, 0.15) is 13.8 Å². The van der Waals surface area contributed by atoms with Crippen molar-refractivity contribution >= 4 is 11.9 Å². The van der Waals surface area contributed by atoms with E-state index >= 15 is 0 Å². The van der Waals surface area contributed by atoms with Gasteiger partial charge in [0, 0.05) is 13.2 Å². The smallest absolute Gasteiger partial charge is 0.326 e. The number of hydrogen-bond acceptors (Lipinski definition) is 3. The third-order valence-corrected chi connectivity index (χ3v) is 1.66. The van der Waals surface area contributed by atoms with Crippen LogP contribution in [0.25, 0.3) is 0 Å². The number of imide groups is 1. The Morgan fingerprint density at radius 2 is 2.17 bits per heavy atom. The fourth-order valence-electron chi connectivity index (χ4n) is 1.12. The molecule has 68 valence electrons. The van der Waals surface area contributed by atoms with Crippen LogP contribution in [0, 0.1) is 0 Å². The molecule has 0 radical (unpaired) electrons. The van der Waals surface area contributed by atoms with Gasteiger partial charge in [-0.15, -0.1) is 0 Å². The fourth-order valence-corrected chi connectivity index (χ4v) is 1.12. The van der Waals surface area contributed by atoms with Gasteiger partial charge in [0.1, 0.15) is 0 Å². The minimum atomic E-state index is -0.729. The van der Waals surface area contributed by atoms with Crippen LogP contribution < -0.4 is 5.32 Å². The highest BCUT2D eigenvalue weighted by Gasteiger charge is 2.37. The van der Waals surface area contributed by atoms with Gasteiger partial charge < -0.3 is 4.74 Å². The Kier molecular flexibility index (Phi) is 2.65. The van der Waals surface area contributed by atoms with Crippen molar-refractivity contribution < 1.29 is 14.3 Å². The van der Waals surface area contributed by atoms with Crippen molar-refractivity contribution in [2.24, 2.45) is 0 Å². The lowest BCUT2D eigenvalue weighted by Crippen LogP contribution is -2.36. The summed E-state index contributed by atoms with van der Waals surface area (Å²) >= 11 is 0. The van der Waals surface area contributed by atoms with Crippen LogP contribution in [-0.2, 0) is 9.53 Å². The van der Waals surface area contributed by atoms with Gasteiger partial charge in [0.05, 0.1) is 0 Å². The van der Waals surface area contributed by atoms with Crippen LogP contribution in [0.15, 0.2) is 0 Å². The Labute approximate surface area is 70.7 Å². The summed E-state index contributed by atoms with van der Waals surface area (Å²) in [5.74, 6) is -0.372. The van der Waals surface area contributed by atoms with Crippen molar-refractivity contribution in [3.63, 3.8) is 0 Å². The normalized spacial score (nSPS) is 23.2. The first-order valence-corrected chi connectivity index (χ1v) is 3.93. The van der Waals surface area contributed by atoms with Crippen molar-refractivity contribution in [3.05, 3.63) is 0 Å². The number of hydrogen-bond donors (Lipinski definition) is 1. The maximum atomic E-state index is 11.0. The second-order valence-electron chi connectivity index (χ2n) is 2.39. The van der Waals surface area contributed by atoms with E-state index in [4.69, 9.17) is 4.74 Å². The van der Waals surface area contributed by atoms with E-state index in [1.807, 2.05) is 0 Å². The number of urea groups is 1. The summed E-state index contributed by atoms with van der Waals surface area (Å²) in [6, 6.07) is -0.374. The first-order valence-electron chi connectivity index (χ1n) is 3.93. The summed E-state index contributed by atoms with van der Waals surface area (Å²) in [6.07, 6.45) is -0.729. The van der Waals surface area contributed by atoms with Gasteiger partial charge in [-0.2, -0.15) is 0 Å². The molecule has 1 fully saturated rings. The largest absolute Gasteiger partial charge is 0.350 e. The van der Waals surface area contributed by atoms with Crippen LogP contribution in [0.4, 0.5) is 4.79 Å². The third kappa shape index (κ3) is 1.40. The molecule has 5 nitrogen and oxygen atoms in total. The van der Waals surface area contributed by atoms with Gasteiger partial charge in [0.2, 0.25) is 6.23 Å². The molecule has 0 aromatic carbocycles. The molecule has 1 rings (SSSR count). The number of carbonyl (C=O) groups excluding carboxylic acids is 2. The molecule has 1 N–H and O–H groups in total. The highest BCUT2D eigenvalue weighted by atomic mass is 16.5. The topological polar surface area (TPSA) is 58.6 Å². The van der Waals surface area contributed by atoms with Gasteiger partial charge in [0.15, 0.2) is 0 Å². The second kappa shape index (κ2) is 3.53. The van der Waals surface area contributed by atoms with E-state index in [1.54, 1.807) is 13.8 Å². The van der Waals surface area contributed by atoms with Crippen LogP contribution >= 0.6 is 0 Å². The molecule has 0 aliphatic carbocycles. The molecular formula is C7H12N2O3. The van der Waals surface area contributed by atoms with Gasteiger partial charge in [-0.05, 0) is 13.8 Å². The maximum absolute atomic E-state index is 11.0. The molecule has 1 unspecified atom stereocenters. The molecule has 1 saturated heterocycles. The molecule has 1 heterocycles. The van der Waals surface area contributed by atoms with Gasteiger partial charge in [-0.3, -0.25) is 15.0 Å². The molecule has 0 aromatic rings. The lowest BCUT2D eigenvalue weighted by molar-refractivity contribution is -0.135. The third-order valence-electron chi connectivity index (χ3n) is 1.66. The number of amides is 3. The van der Waals surface area contributed by atoms with Crippen LogP contribution in [-0.4, -0.2) is 36.2 Å². The van der Waals surface area contributed by atoms with E-state index in [-0.39, 0.29) is 11.9 Å². The number of nitrogens with zero attached hydrogens (tertiary/aromatic N) is 1. The summed E-state index contributed by atoms with van der Waals surface area (Å²) < 4.78 is 5.08. The number of ether oxygens (including phenoxy) is 1. The quantitative estimate of drug-likeness (QED) is 0.606. The first-order chi connectivity index (χ1) is 5.70. The lowest BCUT2D eigenvalue weighted by Gasteiger charge is -2.18. The zero-order valence-corrected chi connectivity index (χ0v) is 7.16. The Morgan fingerprint density at radius 3 is 2.67 bits per heavy atom. The molecular weight excluding hydrogens is 160 g/mol. The van der Waals surface area contributed by atoms with E-state index in [0.29, 0.717) is 13.2 Å². The minimum Gasteiger partial charge on any atom is -0.350 e. The average molecular weight is 172 g/mol. The summed E-state index contributed by atoms with van der Waals surface area (Å²) in [5.41, 5.74) is 0. The minimum absolute atomic E-state index is 0.372. The molecule has 1 atom stereocenters. The van der Waals surface area contributed by atoms with Crippen LogP contribution in [0.3, 0.4) is 0 Å². The second-order valence-corrected chi connectivity index (χ2v) is 2.39. The Morgan fingerprint density at radius 1 is 1.50 bits per heavy atom. The number of likely N-dealkylation sites (N-methyl/N-ethyl adjacent to an activating group) is 1. The van der Waals surface area contributed by atoms with E-state index < -0.39 is 6.23 Å². The molecule has 12 heavy (non-hydrogen) atoms. The Balaban J connectivity index is 2.68. The zero-order valence-electron chi connectivity index (χ0n) is 7.16. The van der Waals surface area contributed by atoms with E-state index in [2.05, 4.69) is 5.32 Å². The summed E-state index contributed by atoms with van der Waals surface area (Å²) in [7, 11) is 0. The van der Waals surface area contributed by atoms with Crippen molar-refractivity contribution in [2.45, 2.75) is 20.1 Å². The molecule has 3 amide bonds. The Bertz CT molecular complexity index is 205. The van der Waals surface area contributed by atoms with Crippen molar-refractivity contribution in [3.8, 4) is 0 Å². The van der Waals surface area contributed by atoms with Gasteiger partial charge in [-0.1, -0.05) is 0 Å². The molecule has 1 aliphatic rings. The number of rotatable bonds is 3. The van der Waals surface area contributed by atoms with E-state index in [9.17, 15) is 9.59 Å². The first kappa shape index (κ1) is 8.99. The summed E-state index contributed by atoms with van der Waals surface area (Å²) in [5, 5.41) is 2.18. The van der Waals surface area contributed by atoms with Crippen molar-refractivity contribution in [2.75, 3.05) is 13.2 Å². The highest BCUT2D eigenvalue weighted by Crippen LogP contribution is 2.08. The van der Waals surface area contributed by atoms with Gasteiger partial charge in [-0.25, -0.2) is 4.79 Å². The predicted molar refractivity (Wildman–Crippen MR) is 41.3 cm³/mol. The monoisotopic (exact) mass is 172 g/mol. The molecule has 1 aliphatic heterocycles. The fraction of sp³-hybridized carbons (Fsp3) is 0.714. The lowest BCUT2D eigenvalue weighted by atomic mass is 10.5. The standard InChI is InChI=1S/C7H12N2O3/c1-3-9-6(12-4-2)5(10)8-7(9)11/h6H,3-4H2,1-2H3,(H,8,10,11). The van der Waals surface area contributed by atoms with Crippen LogP contribution in [0.5, 0.6) is 0 Å². The van der Waals surface area contributed by atoms with Crippen LogP contribution in [0.2, 0.25) is 0 Å². The predicted octanol–water partition coefficient (Wildman–Crippen LogP) is -0.0793. The van der Waals surface area contributed by atoms with Crippen molar-refractivity contribution in [1.82, 2.24) is 10.2 Å². The average Bonchev–Trinajstić information content (AvgIpc) is 2.28. The molecule has 5 heteroatoms. The van der Waals surface area contributed by atoms with E-state index in [1.165, 1.54) is 4.90 Å². The molecule has 0 bridgehead atoms. The van der Waals surface area contributed by atoms with Gasteiger partial charge >= 0.3 is 6.03 Å². The maximum Gasteiger partial charge on any atom is 0.326 e. The SMILES string of the molecule is CCOC1C(=O)NC(=O)N1CC. The highest BCUT2D eigenvalue weighted by molar-refractivity contribution is 6.03. The molecule has 0 spiro atoms. The number of carbonyl (C=O) groups is 2. The zero-order chi connectivity index (χ0) is 9.14. The van der Waals surface area contributed by atoms with E-state index in [0.717, 1.165) is 0 Å². The molecule has 0 aromatic heterocycles. The Hall–Kier alpha value is -1.10.